The first-order chi connectivity index (χ1) is 11.6. The van der Waals surface area contributed by atoms with Gasteiger partial charge in [-0.2, -0.15) is 0 Å². The number of amides is 2. The normalized spacial score (nSPS) is 18.0. The number of carbonyl (C=O) groups is 2. The summed E-state index contributed by atoms with van der Waals surface area (Å²) in [5, 5.41) is 2.71. The molecule has 1 aromatic rings. The van der Waals surface area contributed by atoms with Crippen molar-refractivity contribution in [2.24, 2.45) is 0 Å². The zero-order valence-electron chi connectivity index (χ0n) is 14.4. The van der Waals surface area contributed by atoms with Crippen LogP contribution in [-0.4, -0.2) is 41.6 Å². The minimum atomic E-state index is -0.884. The second-order valence-electron chi connectivity index (χ2n) is 6.95. The summed E-state index contributed by atoms with van der Waals surface area (Å²) in [6.45, 7) is 5.83. The van der Waals surface area contributed by atoms with Crippen molar-refractivity contribution in [3.8, 4) is 0 Å². The lowest BCUT2D eigenvalue weighted by Gasteiger charge is -2.33. The van der Waals surface area contributed by atoms with Gasteiger partial charge in [0.2, 0.25) is 0 Å². The van der Waals surface area contributed by atoms with Crippen LogP contribution in [0.4, 0.5) is 13.6 Å². The van der Waals surface area contributed by atoms with Crippen molar-refractivity contribution < 1.29 is 23.1 Å². The van der Waals surface area contributed by atoms with Crippen LogP contribution in [0.2, 0.25) is 0 Å². The Kier molecular flexibility index (Phi) is 6.23. The highest BCUT2D eigenvalue weighted by Crippen LogP contribution is 2.22. The molecule has 1 N–H and O–H groups in total. The molecule has 1 saturated heterocycles. The summed E-state index contributed by atoms with van der Waals surface area (Å²) < 4.78 is 33.5. The smallest absolute Gasteiger partial charge is 0.407 e. The van der Waals surface area contributed by atoms with Gasteiger partial charge in [0.25, 0.3) is 5.91 Å². The summed E-state index contributed by atoms with van der Waals surface area (Å²) >= 11 is 1.72. The number of halogens is 3. The van der Waals surface area contributed by atoms with Gasteiger partial charge in [-0.15, -0.1) is 0 Å². The predicted molar refractivity (Wildman–Crippen MR) is 97.4 cm³/mol. The third-order valence-electron chi connectivity index (χ3n) is 3.69. The Bertz CT molecular complexity index is 677. The molecule has 0 saturated carbocycles. The van der Waals surface area contributed by atoms with Gasteiger partial charge in [-0.3, -0.25) is 4.79 Å². The molecule has 1 fully saturated rings. The Morgan fingerprint density at radius 2 is 2.00 bits per heavy atom. The first kappa shape index (κ1) is 19.9. The van der Waals surface area contributed by atoms with Crippen molar-refractivity contribution in [2.75, 3.05) is 13.1 Å². The van der Waals surface area contributed by atoms with Crippen LogP contribution in [0.15, 0.2) is 12.1 Å². The molecule has 1 aliphatic rings. The van der Waals surface area contributed by atoms with Crippen LogP contribution in [0.5, 0.6) is 0 Å². The van der Waals surface area contributed by atoms with Crippen LogP contribution in [0.1, 0.15) is 44.0 Å². The lowest BCUT2D eigenvalue weighted by atomic mass is 10.0. The SMILES string of the molecule is CC(C)(C)OC(=O)N[C@H]1CCCN(C(=O)c2c(F)ccc(I)c2F)C1. The number of rotatable bonds is 2. The van der Waals surface area contributed by atoms with Gasteiger partial charge in [0.15, 0.2) is 5.82 Å². The molecule has 25 heavy (non-hydrogen) atoms. The van der Waals surface area contributed by atoms with E-state index in [2.05, 4.69) is 5.32 Å². The summed E-state index contributed by atoms with van der Waals surface area (Å²) in [4.78, 5) is 25.8. The third-order valence-corrected chi connectivity index (χ3v) is 4.52. The van der Waals surface area contributed by atoms with E-state index < -0.39 is 34.8 Å². The number of alkyl carbamates (subject to hydrolysis) is 1. The maximum Gasteiger partial charge on any atom is 0.407 e. The van der Waals surface area contributed by atoms with Gasteiger partial charge in [-0.25, -0.2) is 13.6 Å². The zero-order valence-corrected chi connectivity index (χ0v) is 16.5. The van der Waals surface area contributed by atoms with E-state index in [9.17, 15) is 18.4 Å². The average molecular weight is 466 g/mol. The number of carbonyl (C=O) groups excluding carboxylic acids is 2. The van der Waals surface area contributed by atoms with E-state index in [-0.39, 0.29) is 16.2 Å². The van der Waals surface area contributed by atoms with Gasteiger partial charge in [0, 0.05) is 22.7 Å². The third kappa shape index (κ3) is 5.26. The molecule has 1 heterocycles. The Labute approximate surface area is 159 Å². The summed E-state index contributed by atoms with van der Waals surface area (Å²) in [5.74, 6) is -2.44. The topological polar surface area (TPSA) is 58.6 Å². The standard InChI is InChI=1S/C17H21F2IN2O3/c1-17(2,3)25-16(24)21-10-5-4-8-22(9-10)15(23)13-11(18)6-7-12(20)14(13)19/h6-7,10H,4-5,8-9H2,1-3H3,(H,21,24)/t10-/m0/s1. The van der Waals surface area contributed by atoms with E-state index in [1.807, 2.05) is 0 Å². The van der Waals surface area contributed by atoms with Crippen LogP contribution in [0.3, 0.4) is 0 Å². The van der Waals surface area contributed by atoms with Crippen molar-refractivity contribution in [1.29, 1.82) is 0 Å². The number of ether oxygens (including phenoxy) is 1. The van der Waals surface area contributed by atoms with Gasteiger partial charge in [0.05, 0.1) is 0 Å². The molecular formula is C17H21F2IN2O3. The molecule has 2 rings (SSSR count). The molecule has 5 nitrogen and oxygen atoms in total. The summed E-state index contributed by atoms with van der Waals surface area (Å²) in [5.41, 5.74) is -1.17. The van der Waals surface area contributed by atoms with Crippen LogP contribution >= 0.6 is 22.6 Å². The molecule has 2 amide bonds. The number of likely N-dealkylation sites (tertiary alicyclic amines) is 1. The van der Waals surface area contributed by atoms with Gasteiger partial charge in [-0.1, -0.05) is 0 Å². The Hall–Kier alpha value is -1.45. The molecule has 0 unspecified atom stereocenters. The predicted octanol–water partition coefficient (Wildman–Crippen LogP) is 3.70. The summed E-state index contributed by atoms with van der Waals surface area (Å²) in [7, 11) is 0. The van der Waals surface area contributed by atoms with Crippen LogP contribution in [0, 0.1) is 15.2 Å². The van der Waals surface area contributed by atoms with E-state index in [0.29, 0.717) is 19.4 Å². The molecule has 0 bridgehead atoms. The fraction of sp³-hybridized carbons (Fsp3) is 0.529. The van der Waals surface area contributed by atoms with Crippen LogP contribution in [-0.2, 0) is 4.74 Å². The minimum Gasteiger partial charge on any atom is -0.444 e. The summed E-state index contributed by atoms with van der Waals surface area (Å²) in [6.07, 6.45) is 0.720. The number of nitrogens with zero attached hydrogens (tertiary/aromatic N) is 1. The molecule has 0 aliphatic carbocycles. The second-order valence-corrected chi connectivity index (χ2v) is 8.12. The molecule has 0 radical (unpaired) electrons. The number of piperidine rings is 1. The molecule has 1 aliphatic heterocycles. The molecule has 1 aromatic carbocycles. The molecule has 0 spiro atoms. The van der Waals surface area contributed by atoms with Crippen LogP contribution < -0.4 is 5.32 Å². The lowest BCUT2D eigenvalue weighted by Crippen LogP contribution is -2.50. The number of hydrogen-bond acceptors (Lipinski definition) is 3. The lowest BCUT2D eigenvalue weighted by molar-refractivity contribution is 0.0450. The first-order valence-corrected chi connectivity index (χ1v) is 9.08. The fourth-order valence-electron chi connectivity index (χ4n) is 2.63. The second kappa shape index (κ2) is 7.84. The molecule has 1 atom stereocenters. The van der Waals surface area contributed by atoms with Crippen LogP contribution in [0.25, 0.3) is 0 Å². The van der Waals surface area contributed by atoms with E-state index in [0.717, 1.165) is 6.07 Å². The van der Waals surface area contributed by atoms with Crippen molar-refractivity contribution >= 4 is 34.6 Å². The molecular weight excluding hydrogens is 445 g/mol. The van der Waals surface area contributed by atoms with Crippen molar-refractivity contribution in [3.63, 3.8) is 0 Å². The highest BCUT2D eigenvalue weighted by Gasteiger charge is 2.30. The largest absolute Gasteiger partial charge is 0.444 e. The highest BCUT2D eigenvalue weighted by molar-refractivity contribution is 14.1. The fourth-order valence-corrected chi connectivity index (χ4v) is 3.08. The minimum absolute atomic E-state index is 0.183. The Morgan fingerprint density at radius 1 is 1.32 bits per heavy atom. The van der Waals surface area contributed by atoms with Gasteiger partial charge in [-0.05, 0) is 68.3 Å². The monoisotopic (exact) mass is 466 g/mol. The maximum atomic E-state index is 14.2. The molecule has 138 valence electrons. The van der Waals surface area contributed by atoms with E-state index in [1.165, 1.54) is 11.0 Å². The zero-order chi connectivity index (χ0) is 18.8. The van der Waals surface area contributed by atoms with E-state index in [4.69, 9.17) is 4.74 Å². The maximum absolute atomic E-state index is 14.2. The average Bonchev–Trinajstić information content (AvgIpc) is 2.49. The quantitative estimate of drug-likeness (QED) is 0.535. The summed E-state index contributed by atoms with van der Waals surface area (Å²) in [6, 6.07) is 2.05. The number of hydrogen-bond donors (Lipinski definition) is 1. The van der Waals surface area contributed by atoms with Crippen molar-refractivity contribution in [1.82, 2.24) is 10.2 Å². The van der Waals surface area contributed by atoms with Crippen molar-refractivity contribution in [2.45, 2.75) is 45.3 Å². The van der Waals surface area contributed by atoms with Gasteiger partial charge in [0.1, 0.15) is 17.0 Å². The Balaban J connectivity index is 2.07. The van der Waals surface area contributed by atoms with Gasteiger partial charge >= 0.3 is 6.09 Å². The first-order valence-electron chi connectivity index (χ1n) is 8.01. The number of benzene rings is 1. The van der Waals surface area contributed by atoms with E-state index >= 15 is 0 Å². The van der Waals surface area contributed by atoms with Gasteiger partial charge < -0.3 is 15.0 Å². The highest BCUT2D eigenvalue weighted by atomic mass is 127. The Morgan fingerprint density at radius 3 is 2.64 bits per heavy atom. The van der Waals surface area contributed by atoms with E-state index in [1.54, 1.807) is 43.4 Å². The number of nitrogens with one attached hydrogen (secondary N) is 1. The molecule has 0 aromatic heterocycles. The van der Waals surface area contributed by atoms with Crippen molar-refractivity contribution in [3.05, 3.63) is 32.9 Å². The molecule has 8 heteroatoms.